The smallest absolute Gasteiger partial charge is 0.203 e. The Balaban J connectivity index is 1.68. The van der Waals surface area contributed by atoms with Crippen molar-refractivity contribution in [2.45, 2.75) is 13.1 Å². The zero-order chi connectivity index (χ0) is 18.4. The van der Waals surface area contributed by atoms with Gasteiger partial charge in [-0.1, -0.05) is 35.5 Å². The Labute approximate surface area is 152 Å². The maximum absolute atomic E-state index is 5.38. The van der Waals surface area contributed by atoms with Gasteiger partial charge in [0, 0.05) is 6.54 Å². The lowest BCUT2D eigenvalue weighted by atomic mass is 10.2. The molecule has 0 spiro atoms. The Kier molecular flexibility index (Phi) is 5.58. The molecule has 0 unspecified atom stereocenters. The van der Waals surface area contributed by atoms with Crippen LogP contribution in [0.1, 0.15) is 11.1 Å². The van der Waals surface area contributed by atoms with E-state index < -0.39 is 0 Å². The minimum Gasteiger partial charge on any atom is -0.493 e. The first-order valence-corrected chi connectivity index (χ1v) is 8.20. The van der Waals surface area contributed by atoms with Crippen molar-refractivity contribution in [3.8, 4) is 17.2 Å². The molecule has 3 aromatic rings. The normalized spacial score (nSPS) is 10.4. The number of aromatic nitrogens is 3. The molecule has 0 amide bonds. The van der Waals surface area contributed by atoms with Crippen molar-refractivity contribution >= 4 is 5.82 Å². The van der Waals surface area contributed by atoms with Crippen LogP contribution in [0.5, 0.6) is 17.2 Å². The highest BCUT2D eigenvalue weighted by Crippen LogP contribution is 2.38. The van der Waals surface area contributed by atoms with Crippen molar-refractivity contribution in [3.63, 3.8) is 0 Å². The fraction of sp³-hybridized carbons (Fsp3) is 0.263. The Morgan fingerprint density at radius 1 is 0.923 bits per heavy atom. The highest BCUT2D eigenvalue weighted by molar-refractivity contribution is 5.54. The van der Waals surface area contributed by atoms with E-state index in [1.807, 2.05) is 36.5 Å². The molecule has 0 saturated carbocycles. The summed E-state index contributed by atoms with van der Waals surface area (Å²) in [5, 5.41) is 11.6. The lowest BCUT2D eigenvalue weighted by Gasteiger charge is -2.14. The van der Waals surface area contributed by atoms with Crippen LogP contribution in [0, 0.1) is 0 Å². The highest BCUT2D eigenvalue weighted by Gasteiger charge is 2.13. The molecule has 7 heteroatoms. The van der Waals surface area contributed by atoms with Crippen molar-refractivity contribution < 1.29 is 14.2 Å². The minimum absolute atomic E-state index is 0.556. The lowest BCUT2D eigenvalue weighted by molar-refractivity contribution is 0.324. The lowest BCUT2D eigenvalue weighted by Crippen LogP contribution is -2.02. The van der Waals surface area contributed by atoms with E-state index in [-0.39, 0.29) is 0 Å². The van der Waals surface area contributed by atoms with E-state index in [0.717, 1.165) is 5.56 Å². The average molecular weight is 354 g/mol. The van der Waals surface area contributed by atoms with Crippen LogP contribution < -0.4 is 19.5 Å². The predicted molar refractivity (Wildman–Crippen MR) is 99.0 cm³/mol. The molecular weight excluding hydrogens is 332 g/mol. The second-order valence-electron chi connectivity index (χ2n) is 5.67. The molecule has 0 fully saturated rings. The van der Waals surface area contributed by atoms with Gasteiger partial charge in [0.05, 0.1) is 34.1 Å². The molecule has 0 aliphatic heterocycles. The number of methoxy groups -OCH3 is 3. The van der Waals surface area contributed by atoms with Crippen LogP contribution in [0.25, 0.3) is 0 Å². The Hall–Kier alpha value is -3.22. The van der Waals surface area contributed by atoms with Gasteiger partial charge in [-0.05, 0) is 23.3 Å². The molecule has 0 saturated heterocycles. The molecule has 0 radical (unpaired) electrons. The van der Waals surface area contributed by atoms with Gasteiger partial charge in [-0.25, -0.2) is 4.68 Å². The van der Waals surface area contributed by atoms with Gasteiger partial charge in [-0.3, -0.25) is 0 Å². The molecule has 136 valence electrons. The highest BCUT2D eigenvalue weighted by atomic mass is 16.5. The van der Waals surface area contributed by atoms with E-state index in [4.69, 9.17) is 14.2 Å². The summed E-state index contributed by atoms with van der Waals surface area (Å²) in [6, 6.07) is 13.9. The number of hydrogen-bond acceptors (Lipinski definition) is 6. The summed E-state index contributed by atoms with van der Waals surface area (Å²) in [4.78, 5) is 0. The summed E-state index contributed by atoms with van der Waals surface area (Å²) >= 11 is 0. The second-order valence-corrected chi connectivity index (χ2v) is 5.67. The van der Waals surface area contributed by atoms with Crippen LogP contribution in [0.2, 0.25) is 0 Å². The van der Waals surface area contributed by atoms with Crippen LogP contribution in [0.15, 0.2) is 48.7 Å². The van der Waals surface area contributed by atoms with E-state index >= 15 is 0 Å². The SMILES string of the molecule is COc1cc(CNc2cn(Cc3ccccc3)nn2)cc(OC)c1OC. The zero-order valence-corrected chi connectivity index (χ0v) is 15.1. The van der Waals surface area contributed by atoms with Crippen molar-refractivity contribution in [1.29, 1.82) is 0 Å². The van der Waals surface area contributed by atoms with Gasteiger partial charge in [0.1, 0.15) is 0 Å². The van der Waals surface area contributed by atoms with Crippen molar-refractivity contribution in [2.24, 2.45) is 0 Å². The van der Waals surface area contributed by atoms with E-state index in [2.05, 4.69) is 27.8 Å². The van der Waals surface area contributed by atoms with Crippen LogP contribution in [-0.4, -0.2) is 36.3 Å². The molecule has 26 heavy (non-hydrogen) atoms. The third-order valence-electron chi connectivity index (χ3n) is 3.92. The Morgan fingerprint density at radius 2 is 1.62 bits per heavy atom. The summed E-state index contributed by atoms with van der Waals surface area (Å²) in [5.74, 6) is 2.52. The molecule has 0 atom stereocenters. The molecular formula is C19H22N4O3. The zero-order valence-electron chi connectivity index (χ0n) is 15.1. The van der Waals surface area contributed by atoms with Gasteiger partial charge in [0.15, 0.2) is 17.3 Å². The Morgan fingerprint density at radius 3 is 2.23 bits per heavy atom. The number of nitrogens with one attached hydrogen (secondary N) is 1. The molecule has 1 aromatic heterocycles. The summed E-state index contributed by atoms with van der Waals surface area (Å²) in [6.07, 6.45) is 1.88. The van der Waals surface area contributed by atoms with Gasteiger partial charge in [0.2, 0.25) is 5.75 Å². The first kappa shape index (κ1) is 17.6. The Bertz CT molecular complexity index is 824. The largest absolute Gasteiger partial charge is 0.493 e. The van der Waals surface area contributed by atoms with Crippen molar-refractivity contribution in [1.82, 2.24) is 15.0 Å². The molecule has 0 aliphatic carbocycles. The van der Waals surface area contributed by atoms with Crippen LogP contribution in [0.3, 0.4) is 0 Å². The van der Waals surface area contributed by atoms with Crippen LogP contribution in [-0.2, 0) is 13.1 Å². The van der Waals surface area contributed by atoms with Crippen molar-refractivity contribution in [2.75, 3.05) is 26.6 Å². The third kappa shape index (κ3) is 4.05. The number of benzene rings is 2. The third-order valence-corrected chi connectivity index (χ3v) is 3.92. The number of ether oxygens (including phenoxy) is 3. The van der Waals surface area contributed by atoms with E-state index in [1.54, 1.807) is 26.0 Å². The molecule has 1 N–H and O–H groups in total. The van der Waals surface area contributed by atoms with E-state index in [1.165, 1.54) is 5.56 Å². The average Bonchev–Trinajstić information content (AvgIpc) is 3.13. The molecule has 3 rings (SSSR count). The first-order chi connectivity index (χ1) is 12.7. The topological polar surface area (TPSA) is 70.4 Å². The van der Waals surface area contributed by atoms with E-state index in [0.29, 0.717) is 36.2 Å². The van der Waals surface area contributed by atoms with E-state index in [9.17, 15) is 0 Å². The van der Waals surface area contributed by atoms with Gasteiger partial charge in [0.25, 0.3) is 0 Å². The summed E-state index contributed by atoms with van der Waals surface area (Å²) in [6.45, 7) is 1.24. The first-order valence-electron chi connectivity index (χ1n) is 8.20. The quantitative estimate of drug-likeness (QED) is 0.671. The number of rotatable bonds is 8. The monoisotopic (exact) mass is 354 g/mol. The number of hydrogen-bond donors (Lipinski definition) is 1. The van der Waals surface area contributed by atoms with Crippen molar-refractivity contribution in [3.05, 3.63) is 59.8 Å². The summed E-state index contributed by atoms with van der Waals surface area (Å²) < 4.78 is 17.9. The molecule has 1 heterocycles. The summed E-state index contributed by atoms with van der Waals surface area (Å²) in [5.41, 5.74) is 2.16. The van der Waals surface area contributed by atoms with Gasteiger partial charge < -0.3 is 19.5 Å². The minimum atomic E-state index is 0.556. The van der Waals surface area contributed by atoms with Crippen LogP contribution in [0.4, 0.5) is 5.82 Å². The molecule has 7 nitrogen and oxygen atoms in total. The maximum atomic E-state index is 5.38. The standard InChI is InChI=1S/C19H22N4O3/c1-24-16-9-15(10-17(25-2)19(16)26-3)11-20-18-13-23(22-21-18)12-14-7-5-4-6-8-14/h4-10,13,20H,11-12H2,1-3H3. The van der Waals surface area contributed by atoms with Gasteiger partial charge in [-0.2, -0.15) is 0 Å². The van der Waals surface area contributed by atoms with Gasteiger partial charge in [-0.15, -0.1) is 5.10 Å². The second kappa shape index (κ2) is 8.24. The number of nitrogens with zero attached hydrogens (tertiary/aromatic N) is 3. The summed E-state index contributed by atoms with van der Waals surface area (Å²) in [7, 11) is 4.79. The maximum Gasteiger partial charge on any atom is 0.203 e. The predicted octanol–water partition coefficient (Wildman–Crippen LogP) is 2.96. The fourth-order valence-electron chi connectivity index (χ4n) is 2.66. The van der Waals surface area contributed by atoms with Crippen LogP contribution >= 0.6 is 0 Å². The molecule has 0 aliphatic rings. The molecule has 2 aromatic carbocycles. The number of anilines is 1. The van der Waals surface area contributed by atoms with Gasteiger partial charge >= 0.3 is 0 Å². The fourth-order valence-corrected chi connectivity index (χ4v) is 2.66. The molecule has 0 bridgehead atoms.